The number of nitrogens with zero attached hydrogens (tertiary/aromatic N) is 1. The number of rotatable bonds is 3. The molecule has 1 heterocycles. The molecule has 6 heteroatoms. The first kappa shape index (κ1) is 17.9. The Labute approximate surface area is 152 Å². The number of carbonyl (C=O) groups excluding carboxylic acids is 1. The SMILES string of the molecule is Cc1ccc2c(c1)OC(C)(C)CC2NC(=O)c1ccc([N+](=O)[O-])c(C)c1. The van der Waals surface area contributed by atoms with Crippen LogP contribution in [0.15, 0.2) is 36.4 Å². The Morgan fingerprint density at radius 1 is 1.23 bits per heavy atom. The number of carbonyl (C=O) groups is 1. The maximum atomic E-state index is 12.7. The lowest BCUT2D eigenvalue weighted by Gasteiger charge is -2.38. The van der Waals surface area contributed by atoms with Gasteiger partial charge in [0.2, 0.25) is 0 Å². The molecule has 3 rings (SSSR count). The van der Waals surface area contributed by atoms with Gasteiger partial charge in [-0.1, -0.05) is 12.1 Å². The normalized spacial score (nSPS) is 17.8. The number of benzene rings is 2. The van der Waals surface area contributed by atoms with E-state index in [0.717, 1.165) is 16.9 Å². The lowest BCUT2D eigenvalue weighted by Crippen LogP contribution is -2.41. The Morgan fingerprint density at radius 3 is 2.62 bits per heavy atom. The average Bonchev–Trinajstić information content (AvgIpc) is 2.52. The molecule has 0 aliphatic carbocycles. The third-order valence-electron chi connectivity index (χ3n) is 4.59. The van der Waals surface area contributed by atoms with Crippen molar-refractivity contribution in [3.8, 4) is 5.75 Å². The number of nitro groups is 1. The van der Waals surface area contributed by atoms with Crippen LogP contribution in [0.1, 0.15) is 53.4 Å². The van der Waals surface area contributed by atoms with E-state index < -0.39 is 10.5 Å². The standard InChI is InChI=1S/C20H22N2O4/c1-12-5-7-15-16(11-20(3,4)26-18(15)9-12)21-19(23)14-6-8-17(22(24)25)13(2)10-14/h5-10,16H,11H2,1-4H3,(H,21,23). The summed E-state index contributed by atoms with van der Waals surface area (Å²) in [6.45, 7) is 7.62. The molecule has 26 heavy (non-hydrogen) atoms. The van der Waals surface area contributed by atoms with E-state index in [0.29, 0.717) is 17.5 Å². The molecule has 1 amide bonds. The minimum atomic E-state index is -0.448. The van der Waals surface area contributed by atoms with Gasteiger partial charge in [0, 0.05) is 29.2 Å². The maximum absolute atomic E-state index is 12.7. The number of ether oxygens (including phenoxy) is 1. The van der Waals surface area contributed by atoms with Crippen molar-refractivity contribution < 1.29 is 14.5 Å². The van der Waals surface area contributed by atoms with Crippen molar-refractivity contribution in [3.63, 3.8) is 0 Å². The summed E-state index contributed by atoms with van der Waals surface area (Å²) in [5, 5.41) is 14.0. The summed E-state index contributed by atoms with van der Waals surface area (Å²) in [6.07, 6.45) is 0.640. The monoisotopic (exact) mass is 354 g/mol. The molecule has 1 atom stereocenters. The number of nitro benzene ring substituents is 1. The van der Waals surface area contributed by atoms with Crippen molar-refractivity contribution >= 4 is 11.6 Å². The summed E-state index contributed by atoms with van der Waals surface area (Å²) in [7, 11) is 0. The van der Waals surface area contributed by atoms with Gasteiger partial charge in [-0.05, 0) is 51.5 Å². The van der Waals surface area contributed by atoms with Gasteiger partial charge in [-0.2, -0.15) is 0 Å². The van der Waals surface area contributed by atoms with Crippen LogP contribution in [0.4, 0.5) is 5.69 Å². The lowest BCUT2D eigenvalue weighted by atomic mass is 9.89. The van der Waals surface area contributed by atoms with Gasteiger partial charge < -0.3 is 10.1 Å². The Bertz CT molecular complexity index is 889. The van der Waals surface area contributed by atoms with E-state index in [1.54, 1.807) is 13.0 Å². The van der Waals surface area contributed by atoms with Gasteiger partial charge in [-0.15, -0.1) is 0 Å². The lowest BCUT2D eigenvalue weighted by molar-refractivity contribution is -0.385. The van der Waals surface area contributed by atoms with E-state index in [2.05, 4.69) is 5.32 Å². The first-order valence-corrected chi connectivity index (χ1v) is 8.52. The third kappa shape index (κ3) is 3.54. The second-order valence-electron chi connectivity index (χ2n) is 7.39. The fourth-order valence-corrected chi connectivity index (χ4v) is 3.33. The molecule has 0 saturated carbocycles. The van der Waals surface area contributed by atoms with Crippen molar-refractivity contribution in [2.45, 2.75) is 45.8 Å². The summed E-state index contributed by atoms with van der Waals surface area (Å²) >= 11 is 0. The number of fused-ring (bicyclic) bond motifs is 1. The highest BCUT2D eigenvalue weighted by Crippen LogP contribution is 2.40. The van der Waals surface area contributed by atoms with E-state index in [1.807, 2.05) is 39.0 Å². The van der Waals surface area contributed by atoms with Crippen LogP contribution in [-0.2, 0) is 0 Å². The van der Waals surface area contributed by atoms with Gasteiger partial charge in [0.1, 0.15) is 11.4 Å². The van der Waals surface area contributed by atoms with Crippen LogP contribution in [0.3, 0.4) is 0 Å². The molecule has 1 aliphatic heterocycles. The second-order valence-corrected chi connectivity index (χ2v) is 7.39. The fraction of sp³-hybridized carbons (Fsp3) is 0.350. The topological polar surface area (TPSA) is 81.5 Å². The zero-order valence-corrected chi connectivity index (χ0v) is 15.3. The molecule has 1 aliphatic rings. The Morgan fingerprint density at radius 2 is 1.96 bits per heavy atom. The van der Waals surface area contributed by atoms with Crippen LogP contribution in [0, 0.1) is 24.0 Å². The Balaban J connectivity index is 1.88. The minimum absolute atomic E-state index is 0.00886. The van der Waals surface area contributed by atoms with Crippen LogP contribution in [-0.4, -0.2) is 16.4 Å². The molecule has 0 fully saturated rings. The van der Waals surface area contributed by atoms with Crippen molar-refractivity contribution in [3.05, 3.63) is 68.8 Å². The maximum Gasteiger partial charge on any atom is 0.272 e. The molecule has 6 nitrogen and oxygen atoms in total. The molecule has 0 bridgehead atoms. The number of aryl methyl sites for hydroxylation is 2. The van der Waals surface area contributed by atoms with Crippen LogP contribution < -0.4 is 10.1 Å². The van der Waals surface area contributed by atoms with E-state index >= 15 is 0 Å². The van der Waals surface area contributed by atoms with Gasteiger partial charge in [-0.25, -0.2) is 0 Å². The van der Waals surface area contributed by atoms with Gasteiger partial charge in [-0.3, -0.25) is 14.9 Å². The summed E-state index contributed by atoms with van der Waals surface area (Å²) in [5.41, 5.74) is 2.52. The Hall–Kier alpha value is -2.89. The first-order chi connectivity index (χ1) is 12.2. The van der Waals surface area contributed by atoms with Gasteiger partial charge in [0.25, 0.3) is 11.6 Å². The molecule has 0 aromatic heterocycles. The molecular formula is C20H22N2O4. The second kappa shape index (κ2) is 6.44. The van der Waals surface area contributed by atoms with Crippen molar-refractivity contribution in [2.24, 2.45) is 0 Å². The fourth-order valence-electron chi connectivity index (χ4n) is 3.33. The molecule has 2 aromatic rings. The minimum Gasteiger partial charge on any atom is -0.487 e. The largest absolute Gasteiger partial charge is 0.487 e. The zero-order valence-electron chi connectivity index (χ0n) is 15.3. The molecule has 0 radical (unpaired) electrons. The van der Waals surface area contributed by atoms with E-state index in [4.69, 9.17) is 4.74 Å². The number of hydrogen-bond acceptors (Lipinski definition) is 4. The molecule has 136 valence electrons. The average molecular weight is 354 g/mol. The van der Waals surface area contributed by atoms with Crippen molar-refractivity contribution in [1.82, 2.24) is 5.32 Å². The van der Waals surface area contributed by atoms with E-state index in [-0.39, 0.29) is 17.6 Å². The molecule has 1 N–H and O–H groups in total. The first-order valence-electron chi connectivity index (χ1n) is 8.52. The van der Waals surface area contributed by atoms with Crippen LogP contribution in [0.5, 0.6) is 5.75 Å². The van der Waals surface area contributed by atoms with Crippen molar-refractivity contribution in [1.29, 1.82) is 0 Å². The molecule has 0 saturated heterocycles. The highest BCUT2D eigenvalue weighted by molar-refractivity contribution is 5.95. The predicted octanol–water partition coefficient (Wildman–Crippen LogP) is 4.24. The summed E-state index contributed by atoms with van der Waals surface area (Å²) in [4.78, 5) is 23.2. The van der Waals surface area contributed by atoms with Gasteiger partial charge in [0.15, 0.2) is 0 Å². The number of hydrogen-bond donors (Lipinski definition) is 1. The van der Waals surface area contributed by atoms with Crippen LogP contribution in [0.25, 0.3) is 0 Å². The third-order valence-corrected chi connectivity index (χ3v) is 4.59. The Kier molecular flexibility index (Phi) is 4.44. The zero-order chi connectivity index (χ0) is 19.1. The van der Waals surface area contributed by atoms with Crippen molar-refractivity contribution in [2.75, 3.05) is 0 Å². The highest BCUT2D eigenvalue weighted by Gasteiger charge is 2.34. The van der Waals surface area contributed by atoms with Crippen LogP contribution >= 0.6 is 0 Å². The predicted molar refractivity (Wildman–Crippen MR) is 98.5 cm³/mol. The smallest absolute Gasteiger partial charge is 0.272 e. The van der Waals surface area contributed by atoms with Crippen LogP contribution in [0.2, 0.25) is 0 Å². The molecule has 0 spiro atoms. The van der Waals surface area contributed by atoms with Gasteiger partial charge >= 0.3 is 0 Å². The van der Waals surface area contributed by atoms with Gasteiger partial charge in [0.05, 0.1) is 11.0 Å². The molecule has 2 aromatic carbocycles. The summed E-state index contributed by atoms with van der Waals surface area (Å²) in [5.74, 6) is 0.531. The molecule has 1 unspecified atom stereocenters. The number of amides is 1. The van der Waals surface area contributed by atoms with E-state index in [1.165, 1.54) is 12.1 Å². The summed E-state index contributed by atoms with van der Waals surface area (Å²) < 4.78 is 6.05. The molecular weight excluding hydrogens is 332 g/mol. The highest BCUT2D eigenvalue weighted by atomic mass is 16.6. The van der Waals surface area contributed by atoms with E-state index in [9.17, 15) is 14.9 Å². The summed E-state index contributed by atoms with van der Waals surface area (Å²) in [6, 6.07) is 10.2. The quantitative estimate of drug-likeness (QED) is 0.660. The number of nitrogens with one attached hydrogen (secondary N) is 1.